The Morgan fingerprint density at radius 3 is 2.39 bits per heavy atom. The minimum atomic E-state index is -0.729. The van der Waals surface area contributed by atoms with Crippen LogP contribution in [0.3, 0.4) is 0 Å². The maximum atomic E-state index is 12.6. The van der Waals surface area contributed by atoms with E-state index >= 15 is 0 Å². The van der Waals surface area contributed by atoms with Gasteiger partial charge in [-0.3, -0.25) is 14.2 Å². The van der Waals surface area contributed by atoms with Gasteiger partial charge in [-0.15, -0.1) is 0 Å². The van der Waals surface area contributed by atoms with Crippen molar-refractivity contribution in [2.45, 2.75) is 20.4 Å². The minimum absolute atomic E-state index is 0.113. The monoisotopic (exact) mass is 337 g/mol. The van der Waals surface area contributed by atoms with Gasteiger partial charge in [-0.2, -0.15) is 0 Å². The Balaban J connectivity index is 2.63. The third kappa shape index (κ3) is 3.53. The zero-order valence-electron chi connectivity index (χ0n) is 12.8. The molecule has 6 nitrogen and oxygen atoms in total. The summed E-state index contributed by atoms with van der Waals surface area (Å²) < 4.78 is 11.0. The number of hydrogen-bond donors (Lipinski definition) is 0. The second kappa shape index (κ2) is 7.28. The molecule has 0 N–H and O–H groups in total. The summed E-state index contributed by atoms with van der Waals surface area (Å²) in [6.07, 6.45) is 0. The normalized spacial score (nSPS) is 10.6. The standard InChI is InChI=1S/C16H16ClNO5/c1-3-22-13(19)9-18-12-8-6-10(17)5-7-11(12)14(15(18)20)16(21)23-4-2/h5-8H,3-4,9H2,1-2H3. The molecule has 0 aromatic carbocycles. The van der Waals surface area contributed by atoms with E-state index in [-0.39, 0.29) is 25.3 Å². The van der Waals surface area contributed by atoms with Crippen molar-refractivity contribution in [2.24, 2.45) is 0 Å². The number of carbonyl (C=O) groups is 2. The van der Waals surface area contributed by atoms with E-state index in [1.54, 1.807) is 38.1 Å². The Morgan fingerprint density at radius 1 is 1.09 bits per heavy atom. The number of fused-ring (bicyclic) bond motifs is 1. The lowest BCUT2D eigenvalue weighted by molar-refractivity contribution is -0.143. The van der Waals surface area contributed by atoms with Crippen molar-refractivity contribution in [1.29, 1.82) is 0 Å². The molecule has 0 atom stereocenters. The molecule has 0 amide bonds. The molecule has 0 aromatic rings. The van der Waals surface area contributed by atoms with Crippen LogP contribution in [0.15, 0.2) is 29.1 Å². The molecule has 122 valence electrons. The van der Waals surface area contributed by atoms with Gasteiger partial charge in [0.2, 0.25) is 0 Å². The Labute approximate surface area is 137 Å². The number of rotatable bonds is 5. The highest BCUT2D eigenvalue weighted by Gasteiger charge is 2.27. The van der Waals surface area contributed by atoms with Crippen LogP contribution in [0.5, 0.6) is 0 Å². The third-order valence-corrected chi connectivity index (χ3v) is 3.43. The van der Waals surface area contributed by atoms with Crippen molar-refractivity contribution in [3.05, 3.63) is 45.2 Å². The van der Waals surface area contributed by atoms with Gasteiger partial charge in [0, 0.05) is 10.6 Å². The third-order valence-electron chi connectivity index (χ3n) is 3.18. The fourth-order valence-corrected chi connectivity index (χ4v) is 2.38. The van der Waals surface area contributed by atoms with Gasteiger partial charge in [-0.25, -0.2) is 4.79 Å². The molecule has 1 aliphatic carbocycles. The van der Waals surface area contributed by atoms with E-state index in [0.717, 1.165) is 0 Å². The van der Waals surface area contributed by atoms with E-state index in [9.17, 15) is 14.4 Å². The maximum Gasteiger partial charge on any atom is 0.344 e. The molecule has 0 radical (unpaired) electrons. The zero-order valence-corrected chi connectivity index (χ0v) is 13.6. The number of carbonyl (C=O) groups excluding carboxylic acids is 2. The second-order valence-electron chi connectivity index (χ2n) is 4.64. The van der Waals surface area contributed by atoms with Crippen LogP contribution in [0.4, 0.5) is 0 Å². The SMILES string of the molecule is CCOC(=O)Cn1c2ccc(Cl)ccc-2c(C(=O)OCC)c1=O. The van der Waals surface area contributed by atoms with Crippen LogP contribution < -0.4 is 5.56 Å². The van der Waals surface area contributed by atoms with Crippen LogP contribution in [0, 0.1) is 0 Å². The van der Waals surface area contributed by atoms with Crippen molar-refractivity contribution >= 4 is 23.5 Å². The second-order valence-corrected chi connectivity index (χ2v) is 5.08. The van der Waals surface area contributed by atoms with E-state index in [1.165, 1.54) is 4.57 Å². The number of aromatic nitrogens is 1. The van der Waals surface area contributed by atoms with Crippen LogP contribution >= 0.6 is 11.6 Å². The average Bonchev–Trinajstić information content (AvgIpc) is 2.63. The molecule has 1 heterocycles. The molecule has 0 spiro atoms. The summed E-state index contributed by atoms with van der Waals surface area (Å²) >= 11 is 5.96. The number of hydrogen-bond acceptors (Lipinski definition) is 5. The highest BCUT2D eigenvalue weighted by molar-refractivity contribution is 6.30. The van der Waals surface area contributed by atoms with E-state index in [4.69, 9.17) is 21.1 Å². The van der Waals surface area contributed by atoms with E-state index in [0.29, 0.717) is 16.3 Å². The Bertz CT molecular complexity index is 768. The fourth-order valence-electron chi connectivity index (χ4n) is 2.25. The van der Waals surface area contributed by atoms with E-state index < -0.39 is 17.5 Å². The number of esters is 2. The summed E-state index contributed by atoms with van der Waals surface area (Å²) in [5.41, 5.74) is 0.0925. The van der Waals surface area contributed by atoms with Gasteiger partial charge >= 0.3 is 11.9 Å². The maximum absolute atomic E-state index is 12.6. The van der Waals surface area contributed by atoms with Crippen molar-refractivity contribution < 1.29 is 19.1 Å². The smallest absolute Gasteiger partial charge is 0.344 e. The van der Waals surface area contributed by atoms with Gasteiger partial charge in [-0.1, -0.05) is 17.7 Å². The predicted molar refractivity (Wildman–Crippen MR) is 84.9 cm³/mol. The summed E-state index contributed by atoms with van der Waals surface area (Å²) in [6, 6.07) is 6.30. The van der Waals surface area contributed by atoms with Gasteiger partial charge in [0.1, 0.15) is 12.1 Å². The Morgan fingerprint density at radius 2 is 1.74 bits per heavy atom. The van der Waals surface area contributed by atoms with Crippen LogP contribution in [0.2, 0.25) is 5.02 Å². The van der Waals surface area contributed by atoms with Crippen molar-refractivity contribution in [3.8, 4) is 11.3 Å². The molecule has 0 fully saturated rings. The van der Waals surface area contributed by atoms with Gasteiger partial charge in [0.05, 0.1) is 18.9 Å². The first kappa shape index (κ1) is 17.0. The van der Waals surface area contributed by atoms with Crippen LogP contribution in [0.25, 0.3) is 11.3 Å². The Hall–Kier alpha value is -2.34. The molecule has 0 saturated carbocycles. The largest absolute Gasteiger partial charge is 0.465 e. The summed E-state index contributed by atoms with van der Waals surface area (Å²) in [7, 11) is 0. The van der Waals surface area contributed by atoms with Gasteiger partial charge in [0.15, 0.2) is 0 Å². The average molecular weight is 338 g/mol. The lowest BCUT2D eigenvalue weighted by Crippen LogP contribution is -2.25. The van der Waals surface area contributed by atoms with Crippen LogP contribution in [-0.2, 0) is 20.8 Å². The highest BCUT2D eigenvalue weighted by atomic mass is 35.5. The number of halogens is 1. The molecule has 2 aliphatic rings. The first-order valence-corrected chi connectivity index (χ1v) is 7.52. The first-order valence-electron chi connectivity index (χ1n) is 7.14. The lowest BCUT2D eigenvalue weighted by Gasteiger charge is -2.05. The molecule has 7 heteroatoms. The summed E-state index contributed by atoms with van der Waals surface area (Å²) in [5, 5.41) is 0.436. The van der Waals surface area contributed by atoms with Gasteiger partial charge < -0.3 is 9.47 Å². The topological polar surface area (TPSA) is 74.6 Å². The molecule has 23 heavy (non-hydrogen) atoms. The minimum Gasteiger partial charge on any atom is -0.465 e. The molecule has 0 unspecified atom stereocenters. The summed E-state index contributed by atoms with van der Waals surface area (Å²) in [6.45, 7) is 3.38. The molecular formula is C16H16ClNO5. The predicted octanol–water partition coefficient (Wildman–Crippen LogP) is 2.35. The molecule has 2 rings (SSSR count). The number of ether oxygens (including phenoxy) is 2. The van der Waals surface area contributed by atoms with Crippen LogP contribution in [0.1, 0.15) is 24.2 Å². The molecule has 0 aromatic heterocycles. The first-order chi connectivity index (χ1) is 11.0. The summed E-state index contributed by atoms with van der Waals surface area (Å²) in [5.74, 6) is -1.29. The van der Waals surface area contributed by atoms with Crippen molar-refractivity contribution in [3.63, 3.8) is 0 Å². The van der Waals surface area contributed by atoms with Gasteiger partial charge in [0.25, 0.3) is 5.56 Å². The quantitative estimate of drug-likeness (QED) is 0.783. The van der Waals surface area contributed by atoms with E-state index in [1.807, 2.05) is 0 Å². The molecule has 1 aliphatic heterocycles. The van der Waals surface area contributed by atoms with Gasteiger partial charge in [-0.05, 0) is 32.0 Å². The van der Waals surface area contributed by atoms with Crippen molar-refractivity contribution in [1.82, 2.24) is 4.57 Å². The summed E-state index contributed by atoms with van der Waals surface area (Å²) in [4.78, 5) is 36.4. The fraction of sp³-hybridized carbons (Fsp3) is 0.312. The Kier molecular flexibility index (Phi) is 5.39. The lowest BCUT2D eigenvalue weighted by atomic mass is 10.1. The van der Waals surface area contributed by atoms with E-state index in [2.05, 4.69) is 0 Å². The molecular weight excluding hydrogens is 322 g/mol. The van der Waals surface area contributed by atoms with Crippen molar-refractivity contribution in [2.75, 3.05) is 13.2 Å². The zero-order chi connectivity index (χ0) is 17.0. The molecule has 0 bridgehead atoms. The van der Waals surface area contributed by atoms with Crippen LogP contribution in [-0.4, -0.2) is 29.7 Å². The number of nitrogens with zero attached hydrogens (tertiary/aromatic N) is 1. The highest BCUT2D eigenvalue weighted by Crippen LogP contribution is 2.26. The molecule has 0 saturated heterocycles.